The van der Waals surface area contributed by atoms with E-state index < -0.39 is 23.0 Å². The normalized spacial score (nSPS) is 24.5. The maximum atomic E-state index is 14.1. The second-order valence-electron chi connectivity index (χ2n) is 5.59. The Labute approximate surface area is 112 Å². The zero-order valence-electron chi connectivity index (χ0n) is 11.4. The molecule has 1 aliphatic rings. The minimum Gasteiger partial charge on any atom is -0.307 e. The lowest BCUT2D eigenvalue weighted by Gasteiger charge is -2.38. The van der Waals surface area contributed by atoms with Gasteiger partial charge in [-0.1, -0.05) is 32.8 Å². The molecule has 0 amide bonds. The molecule has 0 aromatic heterocycles. The first-order valence-corrected chi connectivity index (χ1v) is 6.88. The van der Waals surface area contributed by atoms with E-state index >= 15 is 0 Å². The summed E-state index contributed by atoms with van der Waals surface area (Å²) in [5, 5.41) is 3.37. The minimum atomic E-state index is -1.37. The summed E-state index contributed by atoms with van der Waals surface area (Å²) < 4.78 is 40.7. The first-order valence-electron chi connectivity index (χ1n) is 6.88. The average molecular weight is 271 g/mol. The van der Waals surface area contributed by atoms with Crippen molar-refractivity contribution in [2.24, 2.45) is 5.92 Å². The molecule has 0 spiro atoms. The fourth-order valence-electron chi connectivity index (χ4n) is 3.01. The van der Waals surface area contributed by atoms with E-state index in [0.717, 1.165) is 38.3 Å². The predicted molar refractivity (Wildman–Crippen MR) is 69.3 cm³/mol. The summed E-state index contributed by atoms with van der Waals surface area (Å²) in [4.78, 5) is 0. The third-order valence-corrected chi connectivity index (χ3v) is 4.19. The van der Waals surface area contributed by atoms with E-state index in [0.29, 0.717) is 0 Å². The summed E-state index contributed by atoms with van der Waals surface area (Å²) >= 11 is 0. The summed E-state index contributed by atoms with van der Waals surface area (Å²) in [6.07, 6.45) is 3.81. The van der Waals surface area contributed by atoms with Gasteiger partial charge in [-0.3, -0.25) is 0 Å². The molecular weight excluding hydrogens is 251 g/mol. The monoisotopic (exact) mass is 271 g/mol. The molecule has 4 heteroatoms. The SMILES string of the molecule is CC(C)C1(c2ccc(F)c(F)c2F)CCCCCN1. The fraction of sp³-hybridized carbons (Fsp3) is 0.600. The Balaban J connectivity index is 2.53. The third-order valence-electron chi connectivity index (χ3n) is 4.19. The lowest BCUT2D eigenvalue weighted by atomic mass is 9.76. The van der Waals surface area contributed by atoms with Crippen molar-refractivity contribution in [3.63, 3.8) is 0 Å². The van der Waals surface area contributed by atoms with Gasteiger partial charge in [0.15, 0.2) is 17.5 Å². The lowest BCUT2D eigenvalue weighted by molar-refractivity contribution is 0.219. The van der Waals surface area contributed by atoms with Gasteiger partial charge < -0.3 is 5.32 Å². The zero-order chi connectivity index (χ0) is 14.0. The summed E-state index contributed by atoms with van der Waals surface area (Å²) in [6, 6.07) is 2.40. The fourth-order valence-corrected chi connectivity index (χ4v) is 3.01. The van der Waals surface area contributed by atoms with Crippen LogP contribution in [-0.4, -0.2) is 6.54 Å². The summed E-state index contributed by atoms with van der Waals surface area (Å²) in [5.74, 6) is -3.45. The summed E-state index contributed by atoms with van der Waals surface area (Å²) in [7, 11) is 0. The molecular formula is C15H20F3N. The van der Waals surface area contributed by atoms with Crippen molar-refractivity contribution in [3.05, 3.63) is 35.1 Å². The molecule has 1 heterocycles. The maximum Gasteiger partial charge on any atom is 0.194 e. The van der Waals surface area contributed by atoms with Crippen molar-refractivity contribution in [2.45, 2.75) is 45.1 Å². The molecule has 0 saturated carbocycles. The molecule has 1 saturated heterocycles. The van der Waals surface area contributed by atoms with Gasteiger partial charge in [0.25, 0.3) is 0 Å². The van der Waals surface area contributed by atoms with Crippen LogP contribution < -0.4 is 5.32 Å². The highest BCUT2D eigenvalue weighted by molar-refractivity contribution is 5.29. The Morgan fingerprint density at radius 3 is 2.47 bits per heavy atom. The van der Waals surface area contributed by atoms with Crippen molar-refractivity contribution in [1.82, 2.24) is 5.32 Å². The Morgan fingerprint density at radius 2 is 1.79 bits per heavy atom. The van der Waals surface area contributed by atoms with Crippen LogP contribution in [0.1, 0.15) is 45.1 Å². The van der Waals surface area contributed by atoms with E-state index in [1.54, 1.807) is 0 Å². The molecule has 1 aromatic carbocycles. The average Bonchev–Trinajstić information content (AvgIpc) is 2.63. The quantitative estimate of drug-likeness (QED) is 0.798. The molecule has 1 atom stereocenters. The van der Waals surface area contributed by atoms with Crippen LogP contribution in [0.2, 0.25) is 0 Å². The van der Waals surface area contributed by atoms with Crippen LogP contribution in [0.4, 0.5) is 13.2 Å². The standard InChI is InChI=1S/C15H20F3N/c1-10(2)15(8-4-3-5-9-19-15)11-6-7-12(16)14(18)13(11)17/h6-7,10,19H,3-5,8-9H2,1-2H3. The molecule has 106 valence electrons. The van der Waals surface area contributed by atoms with Crippen molar-refractivity contribution in [2.75, 3.05) is 6.54 Å². The number of hydrogen-bond acceptors (Lipinski definition) is 1. The van der Waals surface area contributed by atoms with Crippen molar-refractivity contribution in [1.29, 1.82) is 0 Å². The van der Waals surface area contributed by atoms with Crippen LogP contribution in [0.5, 0.6) is 0 Å². The smallest absolute Gasteiger partial charge is 0.194 e. The summed E-state index contributed by atoms with van der Waals surface area (Å²) in [5.41, 5.74) is -0.349. The molecule has 0 bridgehead atoms. The van der Waals surface area contributed by atoms with E-state index in [2.05, 4.69) is 5.32 Å². The number of nitrogens with one attached hydrogen (secondary N) is 1. The van der Waals surface area contributed by atoms with E-state index in [4.69, 9.17) is 0 Å². The molecule has 1 fully saturated rings. The van der Waals surface area contributed by atoms with Crippen LogP contribution in [0.3, 0.4) is 0 Å². The topological polar surface area (TPSA) is 12.0 Å². The number of rotatable bonds is 2. The van der Waals surface area contributed by atoms with E-state index in [-0.39, 0.29) is 11.5 Å². The minimum absolute atomic E-state index is 0.102. The first-order chi connectivity index (χ1) is 8.99. The van der Waals surface area contributed by atoms with Gasteiger partial charge >= 0.3 is 0 Å². The van der Waals surface area contributed by atoms with Crippen molar-refractivity contribution >= 4 is 0 Å². The number of hydrogen-bond donors (Lipinski definition) is 1. The molecule has 0 aliphatic carbocycles. The molecule has 1 aliphatic heterocycles. The van der Waals surface area contributed by atoms with Gasteiger partial charge in [0.1, 0.15) is 0 Å². The van der Waals surface area contributed by atoms with Gasteiger partial charge in [0, 0.05) is 11.1 Å². The first kappa shape index (κ1) is 14.4. The molecule has 19 heavy (non-hydrogen) atoms. The van der Waals surface area contributed by atoms with Crippen molar-refractivity contribution < 1.29 is 13.2 Å². The van der Waals surface area contributed by atoms with E-state index in [9.17, 15) is 13.2 Å². The highest BCUT2D eigenvalue weighted by Crippen LogP contribution is 2.38. The van der Waals surface area contributed by atoms with Gasteiger partial charge in [0.2, 0.25) is 0 Å². The molecule has 1 N–H and O–H groups in total. The Hall–Kier alpha value is -1.03. The zero-order valence-corrected chi connectivity index (χ0v) is 11.4. The Bertz CT molecular complexity index is 449. The molecule has 0 radical (unpaired) electrons. The van der Waals surface area contributed by atoms with Crippen LogP contribution in [0.25, 0.3) is 0 Å². The number of benzene rings is 1. The highest BCUT2D eigenvalue weighted by Gasteiger charge is 2.39. The van der Waals surface area contributed by atoms with Crippen LogP contribution >= 0.6 is 0 Å². The summed E-state index contributed by atoms with van der Waals surface area (Å²) in [6.45, 7) is 4.74. The van der Waals surface area contributed by atoms with Crippen molar-refractivity contribution in [3.8, 4) is 0 Å². The van der Waals surface area contributed by atoms with Crippen LogP contribution in [0, 0.1) is 23.4 Å². The number of halogens is 3. The molecule has 1 unspecified atom stereocenters. The Kier molecular flexibility index (Phi) is 4.19. The van der Waals surface area contributed by atoms with Gasteiger partial charge in [-0.05, 0) is 31.4 Å². The third kappa shape index (κ3) is 2.50. The maximum absolute atomic E-state index is 14.1. The molecule has 1 aromatic rings. The molecule has 1 nitrogen and oxygen atoms in total. The predicted octanol–water partition coefficient (Wildman–Crippen LogP) is 4.12. The van der Waals surface area contributed by atoms with Crippen LogP contribution in [0.15, 0.2) is 12.1 Å². The van der Waals surface area contributed by atoms with Gasteiger partial charge in [-0.15, -0.1) is 0 Å². The largest absolute Gasteiger partial charge is 0.307 e. The van der Waals surface area contributed by atoms with E-state index in [1.807, 2.05) is 13.8 Å². The second kappa shape index (κ2) is 5.53. The second-order valence-corrected chi connectivity index (χ2v) is 5.59. The Morgan fingerprint density at radius 1 is 1.05 bits per heavy atom. The highest BCUT2D eigenvalue weighted by atomic mass is 19.2. The van der Waals surface area contributed by atoms with Gasteiger partial charge in [-0.2, -0.15) is 0 Å². The van der Waals surface area contributed by atoms with Crippen LogP contribution in [-0.2, 0) is 5.54 Å². The lowest BCUT2D eigenvalue weighted by Crippen LogP contribution is -2.47. The van der Waals surface area contributed by atoms with Gasteiger partial charge in [-0.25, -0.2) is 13.2 Å². The molecule has 2 rings (SSSR count). The van der Waals surface area contributed by atoms with Gasteiger partial charge in [0.05, 0.1) is 0 Å². The van der Waals surface area contributed by atoms with E-state index in [1.165, 1.54) is 6.07 Å².